The third kappa shape index (κ3) is 4.26. The molecule has 0 bridgehead atoms. The number of hydrogen-bond donors (Lipinski definition) is 1. The van der Waals surface area contributed by atoms with E-state index >= 15 is 0 Å². The molecule has 21 heavy (non-hydrogen) atoms. The zero-order valence-corrected chi connectivity index (χ0v) is 12.5. The Morgan fingerprint density at radius 1 is 1.33 bits per heavy atom. The van der Waals surface area contributed by atoms with Gasteiger partial charge in [-0.1, -0.05) is 19.1 Å². The third-order valence-electron chi connectivity index (χ3n) is 3.37. The Kier molecular flexibility index (Phi) is 5.28. The van der Waals surface area contributed by atoms with Gasteiger partial charge in [0.05, 0.1) is 0 Å². The van der Waals surface area contributed by atoms with Crippen molar-refractivity contribution < 1.29 is 9.13 Å². The maximum absolute atomic E-state index is 14.0. The van der Waals surface area contributed by atoms with Gasteiger partial charge in [-0.2, -0.15) is 0 Å². The van der Waals surface area contributed by atoms with Crippen molar-refractivity contribution in [1.29, 1.82) is 0 Å². The van der Waals surface area contributed by atoms with E-state index in [1.807, 2.05) is 26.0 Å². The van der Waals surface area contributed by atoms with Gasteiger partial charge >= 0.3 is 0 Å². The van der Waals surface area contributed by atoms with Gasteiger partial charge < -0.3 is 10.5 Å². The lowest BCUT2D eigenvalue weighted by Gasteiger charge is -2.15. The Labute approximate surface area is 125 Å². The monoisotopic (exact) mass is 288 g/mol. The summed E-state index contributed by atoms with van der Waals surface area (Å²) in [5.74, 6) is -0.0562. The molecule has 1 aromatic heterocycles. The Morgan fingerprint density at radius 2 is 2.14 bits per heavy atom. The fourth-order valence-electron chi connectivity index (χ4n) is 2.15. The summed E-state index contributed by atoms with van der Waals surface area (Å²) in [5, 5.41) is 0. The van der Waals surface area contributed by atoms with Crippen molar-refractivity contribution in [3.63, 3.8) is 0 Å². The van der Waals surface area contributed by atoms with Crippen LogP contribution in [0.15, 0.2) is 36.7 Å². The van der Waals surface area contributed by atoms with Crippen LogP contribution in [0.2, 0.25) is 0 Å². The zero-order valence-electron chi connectivity index (χ0n) is 12.5. The number of hydrogen-bond acceptors (Lipinski definition) is 3. The average molecular weight is 288 g/mol. The maximum atomic E-state index is 14.0. The lowest BCUT2D eigenvalue weighted by Crippen LogP contribution is -2.22. The lowest BCUT2D eigenvalue weighted by atomic mass is 10.0. The van der Waals surface area contributed by atoms with Gasteiger partial charge in [-0.15, -0.1) is 0 Å². The molecule has 4 heteroatoms. The van der Waals surface area contributed by atoms with E-state index in [2.05, 4.69) is 4.98 Å². The minimum Gasteiger partial charge on any atom is -0.485 e. The SMILES string of the molecule is CCC(N)Cc1cccc(F)c1OCc1cncc(C)c1. The van der Waals surface area contributed by atoms with Crippen LogP contribution in [0.25, 0.3) is 0 Å². The third-order valence-corrected chi connectivity index (χ3v) is 3.37. The van der Waals surface area contributed by atoms with Crippen molar-refractivity contribution in [3.8, 4) is 5.75 Å². The van der Waals surface area contributed by atoms with E-state index in [1.54, 1.807) is 18.5 Å². The Balaban J connectivity index is 2.15. The van der Waals surface area contributed by atoms with E-state index in [1.165, 1.54) is 6.07 Å². The molecule has 3 nitrogen and oxygen atoms in total. The van der Waals surface area contributed by atoms with Gasteiger partial charge in [0.25, 0.3) is 0 Å². The van der Waals surface area contributed by atoms with Crippen molar-refractivity contribution in [2.45, 2.75) is 39.3 Å². The first-order chi connectivity index (χ1) is 10.1. The van der Waals surface area contributed by atoms with E-state index in [9.17, 15) is 4.39 Å². The first-order valence-corrected chi connectivity index (χ1v) is 7.16. The predicted octanol–water partition coefficient (Wildman–Crippen LogP) is 3.39. The van der Waals surface area contributed by atoms with Gasteiger partial charge in [-0.25, -0.2) is 4.39 Å². The van der Waals surface area contributed by atoms with E-state index in [0.717, 1.165) is 23.1 Å². The molecule has 0 aliphatic heterocycles. The van der Waals surface area contributed by atoms with Crippen molar-refractivity contribution in [3.05, 3.63) is 59.2 Å². The molecule has 0 radical (unpaired) electrons. The van der Waals surface area contributed by atoms with Gasteiger partial charge in [0.2, 0.25) is 0 Å². The summed E-state index contributed by atoms with van der Waals surface area (Å²) in [6, 6.07) is 6.95. The molecular weight excluding hydrogens is 267 g/mol. The van der Waals surface area contributed by atoms with Crippen LogP contribution < -0.4 is 10.5 Å². The van der Waals surface area contributed by atoms with E-state index < -0.39 is 0 Å². The number of aryl methyl sites for hydroxylation is 1. The van der Waals surface area contributed by atoms with Gasteiger partial charge in [-0.05, 0) is 43.0 Å². The smallest absolute Gasteiger partial charge is 0.165 e. The first-order valence-electron chi connectivity index (χ1n) is 7.16. The van der Waals surface area contributed by atoms with Gasteiger partial charge in [0.1, 0.15) is 6.61 Å². The summed E-state index contributed by atoms with van der Waals surface area (Å²) in [7, 11) is 0. The van der Waals surface area contributed by atoms with E-state index in [0.29, 0.717) is 18.8 Å². The number of nitrogens with zero attached hydrogens (tertiary/aromatic N) is 1. The molecule has 2 rings (SSSR count). The summed E-state index contributed by atoms with van der Waals surface area (Å²) in [6.45, 7) is 4.28. The summed E-state index contributed by atoms with van der Waals surface area (Å²) >= 11 is 0. The largest absolute Gasteiger partial charge is 0.485 e. The second kappa shape index (κ2) is 7.18. The fourth-order valence-corrected chi connectivity index (χ4v) is 2.15. The molecule has 2 aromatic rings. The maximum Gasteiger partial charge on any atom is 0.165 e. The van der Waals surface area contributed by atoms with Gasteiger partial charge in [-0.3, -0.25) is 4.98 Å². The van der Waals surface area contributed by atoms with Gasteiger partial charge in [0, 0.05) is 24.0 Å². The fraction of sp³-hybridized carbons (Fsp3) is 0.353. The standard InChI is InChI=1S/C17H21FN2O/c1-3-15(19)8-14-5-4-6-16(18)17(14)21-11-13-7-12(2)9-20-10-13/h4-7,9-10,15H,3,8,11,19H2,1-2H3. The van der Waals surface area contributed by atoms with Crippen LogP contribution in [0, 0.1) is 12.7 Å². The molecule has 0 saturated heterocycles. The van der Waals surface area contributed by atoms with Crippen LogP contribution in [0.1, 0.15) is 30.0 Å². The van der Waals surface area contributed by atoms with Crippen LogP contribution in [0.5, 0.6) is 5.75 Å². The molecule has 1 aromatic carbocycles. The van der Waals surface area contributed by atoms with Crippen LogP contribution in [0.3, 0.4) is 0 Å². The highest BCUT2D eigenvalue weighted by molar-refractivity contribution is 5.36. The number of halogens is 1. The average Bonchev–Trinajstić information content (AvgIpc) is 2.46. The number of rotatable bonds is 6. The molecule has 0 amide bonds. The van der Waals surface area contributed by atoms with Crippen LogP contribution in [0.4, 0.5) is 4.39 Å². The Bertz CT molecular complexity index is 601. The highest BCUT2D eigenvalue weighted by Crippen LogP contribution is 2.25. The summed E-state index contributed by atoms with van der Waals surface area (Å²) in [4.78, 5) is 4.11. The Hall–Kier alpha value is -1.94. The lowest BCUT2D eigenvalue weighted by molar-refractivity contribution is 0.285. The minimum absolute atomic E-state index is 0.00906. The number of benzene rings is 1. The number of para-hydroxylation sites is 1. The minimum atomic E-state index is -0.351. The van der Waals surface area contributed by atoms with Gasteiger partial charge in [0.15, 0.2) is 11.6 Å². The molecule has 112 valence electrons. The van der Waals surface area contributed by atoms with E-state index in [-0.39, 0.29) is 11.9 Å². The van der Waals surface area contributed by atoms with Crippen LogP contribution >= 0.6 is 0 Å². The highest BCUT2D eigenvalue weighted by Gasteiger charge is 2.12. The molecule has 1 unspecified atom stereocenters. The molecule has 0 fully saturated rings. The highest BCUT2D eigenvalue weighted by atomic mass is 19.1. The van der Waals surface area contributed by atoms with Crippen LogP contribution in [-0.4, -0.2) is 11.0 Å². The summed E-state index contributed by atoms with van der Waals surface area (Å²) < 4.78 is 19.7. The molecule has 1 heterocycles. The Morgan fingerprint density at radius 3 is 2.86 bits per heavy atom. The molecule has 1 atom stereocenters. The summed E-state index contributed by atoms with van der Waals surface area (Å²) in [5.41, 5.74) is 8.75. The predicted molar refractivity (Wildman–Crippen MR) is 81.7 cm³/mol. The molecule has 0 aliphatic carbocycles. The molecule has 0 saturated carbocycles. The van der Waals surface area contributed by atoms with E-state index in [4.69, 9.17) is 10.5 Å². The molecule has 0 spiro atoms. The quantitative estimate of drug-likeness (QED) is 0.886. The molecular formula is C17H21FN2O. The van der Waals surface area contributed by atoms with Crippen molar-refractivity contribution in [2.75, 3.05) is 0 Å². The molecule has 0 aliphatic rings. The molecule has 2 N–H and O–H groups in total. The second-order valence-electron chi connectivity index (χ2n) is 5.26. The summed E-state index contributed by atoms with van der Waals surface area (Å²) in [6.07, 6.45) is 4.96. The number of pyridine rings is 1. The second-order valence-corrected chi connectivity index (χ2v) is 5.26. The van der Waals surface area contributed by atoms with Crippen LogP contribution in [-0.2, 0) is 13.0 Å². The number of aromatic nitrogens is 1. The van der Waals surface area contributed by atoms with Crippen molar-refractivity contribution >= 4 is 0 Å². The number of nitrogens with two attached hydrogens (primary N) is 1. The van der Waals surface area contributed by atoms with Crippen molar-refractivity contribution in [2.24, 2.45) is 5.73 Å². The normalized spacial score (nSPS) is 12.2. The zero-order chi connectivity index (χ0) is 15.2. The first kappa shape index (κ1) is 15.4. The number of ether oxygens (including phenoxy) is 1. The topological polar surface area (TPSA) is 48.1 Å². The van der Waals surface area contributed by atoms with Crippen molar-refractivity contribution in [1.82, 2.24) is 4.98 Å².